The molecule has 0 aromatic rings. The molecule has 0 radical (unpaired) electrons. The van der Waals surface area contributed by atoms with E-state index in [1.807, 2.05) is 0 Å². The third-order valence-electron chi connectivity index (χ3n) is 9.70. The zero-order chi connectivity index (χ0) is 35.2. The van der Waals surface area contributed by atoms with Gasteiger partial charge in [-0.25, -0.2) is 0 Å². The van der Waals surface area contributed by atoms with Gasteiger partial charge in [0.25, 0.3) is 0 Å². The largest absolute Gasteiger partial charge is 0.466 e. The Hall–Kier alpha value is -1.14. The molecule has 1 N–H and O–H groups in total. The van der Waals surface area contributed by atoms with Crippen LogP contribution in [0.3, 0.4) is 0 Å². The van der Waals surface area contributed by atoms with Gasteiger partial charge in [0.1, 0.15) is 6.10 Å². The van der Waals surface area contributed by atoms with Gasteiger partial charge in [-0.05, 0) is 70.9 Å². The number of hydrogen-bond acceptors (Lipinski definition) is 6. The number of aliphatic hydroxyl groups is 1. The van der Waals surface area contributed by atoms with Crippen molar-refractivity contribution in [3.8, 4) is 0 Å². The fourth-order valence-corrected chi connectivity index (χ4v) is 6.52. The highest BCUT2D eigenvalue weighted by molar-refractivity contribution is 5.69. The summed E-state index contributed by atoms with van der Waals surface area (Å²) in [5, 5.41) is 9.51. The Morgan fingerprint density at radius 1 is 0.479 bits per heavy atom. The van der Waals surface area contributed by atoms with E-state index in [9.17, 15) is 14.7 Å². The van der Waals surface area contributed by atoms with E-state index in [0.717, 1.165) is 90.1 Å². The lowest BCUT2D eigenvalue weighted by Crippen LogP contribution is -2.29. The highest BCUT2D eigenvalue weighted by Crippen LogP contribution is 2.18. The lowest BCUT2D eigenvalue weighted by atomic mass is 10.0. The van der Waals surface area contributed by atoms with Crippen molar-refractivity contribution in [2.45, 2.75) is 226 Å². The second kappa shape index (κ2) is 38.7. The predicted molar refractivity (Wildman–Crippen MR) is 205 cm³/mol. The summed E-state index contributed by atoms with van der Waals surface area (Å²) in [4.78, 5) is 27.0. The molecule has 0 aliphatic carbocycles. The molecule has 0 aliphatic heterocycles. The maximum absolute atomic E-state index is 12.6. The fourth-order valence-electron chi connectivity index (χ4n) is 6.52. The van der Waals surface area contributed by atoms with E-state index < -0.39 is 0 Å². The first-order valence-corrected chi connectivity index (χ1v) is 21.3. The third-order valence-corrected chi connectivity index (χ3v) is 9.70. The van der Waals surface area contributed by atoms with E-state index in [4.69, 9.17) is 9.47 Å². The Morgan fingerprint density at radius 3 is 1.40 bits per heavy atom. The summed E-state index contributed by atoms with van der Waals surface area (Å²) in [5.41, 5.74) is 0. The molecule has 0 aliphatic rings. The molecular formula is C42H83NO5. The van der Waals surface area contributed by atoms with Crippen molar-refractivity contribution in [3.05, 3.63) is 0 Å². The molecule has 1 unspecified atom stereocenters. The van der Waals surface area contributed by atoms with Gasteiger partial charge in [0.2, 0.25) is 0 Å². The molecule has 1 atom stereocenters. The van der Waals surface area contributed by atoms with Crippen molar-refractivity contribution < 1.29 is 24.2 Å². The number of carbonyl (C=O) groups excluding carboxylic acids is 2. The molecule has 0 rings (SSSR count). The molecule has 0 bridgehead atoms. The summed E-state index contributed by atoms with van der Waals surface area (Å²) in [7, 11) is 0. The molecule has 0 aromatic carbocycles. The number of aliphatic hydroxyl groups excluding tert-OH is 1. The van der Waals surface area contributed by atoms with E-state index in [1.165, 1.54) is 109 Å². The molecule has 0 spiro atoms. The van der Waals surface area contributed by atoms with Crippen LogP contribution in [-0.4, -0.2) is 60.9 Å². The highest BCUT2D eigenvalue weighted by Gasteiger charge is 2.14. The van der Waals surface area contributed by atoms with E-state index in [-0.39, 0.29) is 24.6 Å². The van der Waals surface area contributed by atoms with Crippen LogP contribution in [0.2, 0.25) is 0 Å². The van der Waals surface area contributed by atoms with Gasteiger partial charge < -0.3 is 19.5 Å². The molecule has 6 heteroatoms. The minimum absolute atomic E-state index is 0.00246. The topological polar surface area (TPSA) is 76.1 Å². The van der Waals surface area contributed by atoms with Crippen LogP contribution in [0.25, 0.3) is 0 Å². The first-order chi connectivity index (χ1) is 23.6. The molecule has 0 aromatic heterocycles. The van der Waals surface area contributed by atoms with Gasteiger partial charge in [-0.1, -0.05) is 149 Å². The number of unbranched alkanes of at least 4 members (excludes halogenated alkanes) is 22. The average Bonchev–Trinajstić information content (AvgIpc) is 3.08. The van der Waals surface area contributed by atoms with Crippen molar-refractivity contribution >= 4 is 11.9 Å². The van der Waals surface area contributed by atoms with Gasteiger partial charge in [-0.3, -0.25) is 9.59 Å². The average molecular weight is 682 g/mol. The summed E-state index contributed by atoms with van der Waals surface area (Å²) in [6.07, 6.45) is 35.6. The van der Waals surface area contributed by atoms with Gasteiger partial charge in [-0.2, -0.15) is 0 Å². The van der Waals surface area contributed by atoms with Crippen molar-refractivity contribution in [1.82, 2.24) is 4.90 Å². The smallest absolute Gasteiger partial charge is 0.306 e. The summed E-state index contributed by atoms with van der Waals surface area (Å²) < 4.78 is 11.4. The van der Waals surface area contributed by atoms with Crippen LogP contribution in [0.15, 0.2) is 0 Å². The molecule has 0 amide bonds. The minimum atomic E-state index is -0.0505. The number of hydrogen-bond donors (Lipinski definition) is 1. The Labute approximate surface area is 299 Å². The summed E-state index contributed by atoms with van der Waals surface area (Å²) in [5.74, 6) is -0.0481. The first kappa shape index (κ1) is 46.9. The van der Waals surface area contributed by atoms with Crippen molar-refractivity contribution in [2.24, 2.45) is 0 Å². The predicted octanol–water partition coefficient (Wildman–Crippen LogP) is 11.9. The molecule has 48 heavy (non-hydrogen) atoms. The lowest BCUT2D eigenvalue weighted by Gasteiger charge is -2.21. The second-order valence-corrected chi connectivity index (χ2v) is 14.5. The zero-order valence-electron chi connectivity index (χ0n) is 32.6. The highest BCUT2D eigenvalue weighted by atomic mass is 16.5. The first-order valence-electron chi connectivity index (χ1n) is 21.3. The Balaban J connectivity index is 3.90. The SMILES string of the molecule is CCCCCCCCCCCOC(=O)CCCCCN(CCO)CCCCCCCC(=O)OC(CCCCCC)CCCCCCCC. The lowest BCUT2D eigenvalue weighted by molar-refractivity contribution is -0.150. The van der Waals surface area contributed by atoms with Crippen molar-refractivity contribution in [3.63, 3.8) is 0 Å². The number of esters is 2. The Morgan fingerprint density at radius 2 is 0.875 bits per heavy atom. The van der Waals surface area contributed by atoms with E-state index in [0.29, 0.717) is 26.0 Å². The van der Waals surface area contributed by atoms with E-state index >= 15 is 0 Å². The molecule has 0 saturated carbocycles. The van der Waals surface area contributed by atoms with Gasteiger partial charge in [-0.15, -0.1) is 0 Å². The Bertz CT molecular complexity index is 672. The van der Waals surface area contributed by atoms with Gasteiger partial charge in [0.15, 0.2) is 0 Å². The minimum Gasteiger partial charge on any atom is -0.466 e. The summed E-state index contributed by atoms with van der Waals surface area (Å²) in [6.45, 7) is 10.2. The van der Waals surface area contributed by atoms with Crippen LogP contribution in [-0.2, 0) is 19.1 Å². The Kier molecular flexibility index (Phi) is 37.7. The quantitative estimate of drug-likeness (QED) is 0.0514. The summed E-state index contributed by atoms with van der Waals surface area (Å²) in [6, 6.07) is 0. The van der Waals surface area contributed by atoms with Crippen LogP contribution in [0.4, 0.5) is 0 Å². The molecule has 0 fully saturated rings. The van der Waals surface area contributed by atoms with E-state index in [1.54, 1.807) is 0 Å². The van der Waals surface area contributed by atoms with Crippen LogP contribution >= 0.6 is 0 Å². The zero-order valence-corrected chi connectivity index (χ0v) is 32.6. The van der Waals surface area contributed by atoms with Gasteiger partial charge in [0, 0.05) is 19.4 Å². The normalized spacial score (nSPS) is 12.1. The summed E-state index contributed by atoms with van der Waals surface area (Å²) >= 11 is 0. The number of rotatable bonds is 39. The maximum atomic E-state index is 12.6. The molecule has 0 heterocycles. The van der Waals surface area contributed by atoms with Crippen LogP contribution < -0.4 is 0 Å². The number of ether oxygens (including phenoxy) is 2. The molecule has 0 saturated heterocycles. The van der Waals surface area contributed by atoms with Crippen LogP contribution in [0.1, 0.15) is 220 Å². The van der Waals surface area contributed by atoms with Crippen molar-refractivity contribution in [1.29, 1.82) is 0 Å². The maximum Gasteiger partial charge on any atom is 0.306 e. The molecular weight excluding hydrogens is 598 g/mol. The van der Waals surface area contributed by atoms with Gasteiger partial charge >= 0.3 is 11.9 Å². The third kappa shape index (κ3) is 34.7. The second-order valence-electron chi connectivity index (χ2n) is 14.5. The van der Waals surface area contributed by atoms with E-state index in [2.05, 4.69) is 25.7 Å². The fraction of sp³-hybridized carbons (Fsp3) is 0.952. The van der Waals surface area contributed by atoms with Crippen LogP contribution in [0.5, 0.6) is 0 Å². The number of nitrogens with zero attached hydrogens (tertiary/aromatic N) is 1. The molecule has 6 nitrogen and oxygen atoms in total. The monoisotopic (exact) mass is 682 g/mol. The molecule has 286 valence electrons. The van der Waals surface area contributed by atoms with Gasteiger partial charge in [0.05, 0.1) is 13.2 Å². The standard InChI is InChI=1S/C42H83NO5/c1-4-7-10-13-15-16-17-22-30-39-47-41(45)33-27-23-29-36-43(37-38-44)35-28-21-18-20-26-34-42(46)48-40(31-24-12-9-6-3)32-25-19-14-11-8-5-2/h40,44H,4-39H2,1-3H3. The van der Waals surface area contributed by atoms with Crippen LogP contribution in [0, 0.1) is 0 Å². The van der Waals surface area contributed by atoms with Crippen molar-refractivity contribution in [2.75, 3.05) is 32.8 Å². The number of carbonyl (C=O) groups is 2.